The van der Waals surface area contributed by atoms with Gasteiger partial charge in [-0.1, -0.05) is 0 Å². The Hall–Kier alpha value is -1.63. The van der Waals surface area contributed by atoms with Crippen LogP contribution in [0, 0.1) is 0 Å². The summed E-state index contributed by atoms with van der Waals surface area (Å²) in [5.41, 5.74) is 4.97. The quantitative estimate of drug-likeness (QED) is 0.262. The number of aldehydes is 1. The maximum atomic E-state index is 10.8. The van der Waals surface area contributed by atoms with Crippen LogP contribution in [0.25, 0.3) is 0 Å². The van der Waals surface area contributed by atoms with Gasteiger partial charge in [-0.25, -0.2) is 4.79 Å². The first-order valence-electron chi connectivity index (χ1n) is 4.01. The fourth-order valence-electron chi connectivity index (χ4n) is 0.585. The minimum atomic E-state index is -0.528. The number of hydrogen-bond donors (Lipinski definition) is 3. The Morgan fingerprint density at radius 1 is 1.36 bits per heavy atom. The van der Waals surface area contributed by atoms with Gasteiger partial charge in [-0.2, -0.15) is 0 Å². The van der Waals surface area contributed by atoms with Crippen LogP contribution in [0.2, 0.25) is 0 Å². The molecule has 0 aliphatic heterocycles. The number of carbonyl (C=O) groups excluding carboxylic acids is 3. The van der Waals surface area contributed by atoms with Gasteiger partial charge in [0.2, 0.25) is 0 Å². The predicted molar refractivity (Wildman–Crippen MR) is 47.5 cm³/mol. The zero-order chi connectivity index (χ0) is 10.8. The number of ether oxygens (including phenoxy) is 1. The molecule has 0 fully saturated rings. The number of nitrogens with one attached hydrogen (secondary N) is 2. The largest absolute Gasteiger partial charge is 0.463 e. The van der Waals surface area contributed by atoms with E-state index in [9.17, 15) is 14.4 Å². The van der Waals surface area contributed by atoms with Crippen LogP contribution < -0.4 is 16.4 Å². The molecule has 0 atom stereocenters. The highest BCUT2D eigenvalue weighted by Crippen LogP contribution is 1.73. The maximum absolute atomic E-state index is 10.8. The van der Waals surface area contributed by atoms with E-state index in [1.54, 1.807) is 0 Å². The van der Waals surface area contributed by atoms with Gasteiger partial charge in [0.25, 0.3) is 0 Å². The van der Waals surface area contributed by atoms with Gasteiger partial charge in [0.1, 0.15) is 12.9 Å². The van der Waals surface area contributed by atoms with Crippen LogP contribution in [0.3, 0.4) is 0 Å². The van der Waals surface area contributed by atoms with Gasteiger partial charge in [-0.15, -0.1) is 0 Å². The fourth-order valence-corrected chi connectivity index (χ4v) is 0.585. The summed E-state index contributed by atoms with van der Waals surface area (Å²) < 4.78 is 4.57. The summed E-state index contributed by atoms with van der Waals surface area (Å²) in [7, 11) is 0. The van der Waals surface area contributed by atoms with E-state index in [2.05, 4.69) is 15.4 Å². The molecule has 80 valence electrons. The van der Waals surface area contributed by atoms with Crippen LogP contribution in [0.5, 0.6) is 0 Å². The van der Waals surface area contributed by atoms with Crippen LogP contribution in [0.1, 0.15) is 0 Å². The Labute approximate surface area is 81.0 Å². The second-order valence-corrected chi connectivity index (χ2v) is 2.23. The molecule has 0 aromatic carbocycles. The summed E-state index contributed by atoms with van der Waals surface area (Å²) >= 11 is 0. The lowest BCUT2D eigenvalue weighted by molar-refractivity contribution is -0.141. The first-order valence-corrected chi connectivity index (χ1v) is 4.01. The number of esters is 1. The Morgan fingerprint density at radius 2 is 2.07 bits per heavy atom. The molecule has 0 rings (SSSR count). The number of rotatable bonds is 6. The van der Waals surface area contributed by atoms with E-state index in [-0.39, 0.29) is 26.2 Å². The van der Waals surface area contributed by atoms with Gasteiger partial charge in [0.15, 0.2) is 0 Å². The normalized spacial score (nSPS) is 8.93. The van der Waals surface area contributed by atoms with Gasteiger partial charge >= 0.3 is 12.0 Å². The molecule has 0 heterocycles. The molecule has 14 heavy (non-hydrogen) atoms. The molecule has 0 bridgehead atoms. The zero-order valence-corrected chi connectivity index (χ0v) is 7.62. The Morgan fingerprint density at radius 3 is 2.64 bits per heavy atom. The van der Waals surface area contributed by atoms with Gasteiger partial charge in [0.05, 0.1) is 19.6 Å². The molecule has 0 saturated carbocycles. The van der Waals surface area contributed by atoms with E-state index in [0.29, 0.717) is 6.29 Å². The molecule has 0 aliphatic rings. The standard InChI is InChI=1S/C7H13N3O4/c8-5-6(12)14-4-2-10-7(13)9-1-3-11/h3H,1-2,4-5,8H2,(H2,9,10,13). The lowest BCUT2D eigenvalue weighted by Crippen LogP contribution is -2.38. The van der Waals surface area contributed by atoms with Crippen molar-refractivity contribution in [3.63, 3.8) is 0 Å². The first-order chi connectivity index (χ1) is 6.70. The van der Waals surface area contributed by atoms with E-state index < -0.39 is 12.0 Å². The highest BCUT2D eigenvalue weighted by atomic mass is 16.5. The number of amides is 2. The van der Waals surface area contributed by atoms with Gasteiger partial charge in [-0.05, 0) is 0 Å². The second kappa shape index (κ2) is 7.99. The van der Waals surface area contributed by atoms with E-state index in [4.69, 9.17) is 5.73 Å². The average Bonchev–Trinajstić information content (AvgIpc) is 2.21. The minimum absolute atomic E-state index is 0.0472. The van der Waals surface area contributed by atoms with Crippen LogP contribution >= 0.6 is 0 Å². The summed E-state index contributed by atoms with van der Waals surface area (Å²) in [5.74, 6) is -0.528. The molecule has 0 aromatic heterocycles. The molecule has 7 nitrogen and oxygen atoms in total. The molecular weight excluding hydrogens is 190 g/mol. The predicted octanol–water partition coefficient (Wildman–Crippen LogP) is -2.01. The lowest BCUT2D eigenvalue weighted by atomic mass is 10.6. The summed E-state index contributed by atoms with van der Waals surface area (Å²) in [6, 6.07) is -0.485. The Kier molecular flexibility index (Phi) is 7.06. The average molecular weight is 203 g/mol. The third-order valence-corrected chi connectivity index (χ3v) is 1.16. The topological polar surface area (TPSA) is 111 Å². The van der Waals surface area contributed by atoms with Crippen LogP contribution in [-0.4, -0.2) is 44.5 Å². The van der Waals surface area contributed by atoms with E-state index in [1.807, 2.05) is 0 Å². The molecule has 0 spiro atoms. The fraction of sp³-hybridized carbons (Fsp3) is 0.571. The van der Waals surface area contributed by atoms with Crippen molar-refractivity contribution in [3.05, 3.63) is 0 Å². The van der Waals surface area contributed by atoms with E-state index >= 15 is 0 Å². The molecule has 0 aliphatic carbocycles. The van der Waals surface area contributed by atoms with Crippen LogP contribution in [0.15, 0.2) is 0 Å². The van der Waals surface area contributed by atoms with Crippen molar-refractivity contribution < 1.29 is 19.1 Å². The van der Waals surface area contributed by atoms with Crippen molar-refractivity contribution in [1.82, 2.24) is 10.6 Å². The number of hydrogen-bond acceptors (Lipinski definition) is 5. The molecular formula is C7H13N3O4. The molecule has 0 unspecified atom stereocenters. The van der Waals surface area contributed by atoms with E-state index in [1.165, 1.54) is 0 Å². The monoisotopic (exact) mass is 203 g/mol. The van der Waals surface area contributed by atoms with Crippen molar-refractivity contribution in [1.29, 1.82) is 0 Å². The zero-order valence-electron chi connectivity index (χ0n) is 7.62. The highest BCUT2D eigenvalue weighted by Gasteiger charge is 2.00. The Bertz CT molecular complexity index is 207. The third-order valence-electron chi connectivity index (χ3n) is 1.16. The molecule has 7 heteroatoms. The number of urea groups is 1. The van der Waals surface area contributed by atoms with Crippen molar-refractivity contribution >= 4 is 18.3 Å². The summed E-state index contributed by atoms with van der Waals surface area (Å²) in [4.78, 5) is 31.1. The van der Waals surface area contributed by atoms with Gasteiger partial charge in [-0.3, -0.25) is 4.79 Å². The second-order valence-electron chi connectivity index (χ2n) is 2.23. The summed E-state index contributed by atoms with van der Waals surface area (Å²) in [6.45, 7) is 0.00668. The molecule has 2 amide bonds. The molecule has 0 aromatic rings. The van der Waals surface area contributed by atoms with Gasteiger partial charge < -0.3 is 25.9 Å². The van der Waals surface area contributed by atoms with E-state index in [0.717, 1.165) is 0 Å². The number of nitrogens with two attached hydrogens (primary N) is 1. The number of carbonyl (C=O) groups is 3. The van der Waals surface area contributed by atoms with Crippen molar-refractivity contribution in [2.75, 3.05) is 26.2 Å². The van der Waals surface area contributed by atoms with Crippen molar-refractivity contribution in [3.8, 4) is 0 Å². The van der Waals surface area contributed by atoms with Crippen molar-refractivity contribution in [2.45, 2.75) is 0 Å². The lowest BCUT2D eigenvalue weighted by Gasteiger charge is -2.05. The Balaban J connectivity index is 3.31. The smallest absolute Gasteiger partial charge is 0.319 e. The highest BCUT2D eigenvalue weighted by molar-refractivity contribution is 5.76. The summed E-state index contributed by atoms with van der Waals surface area (Å²) in [6.07, 6.45) is 0.564. The molecule has 0 radical (unpaired) electrons. The SMILES string of the molecule is NCC(=O)OCCNC(=O)NCC=O. The minimum Gasteiger partial charge on any atom is -0.463 e. The molecule has 4 N–H and O–H groups in total. The van der Waals surface area contributed by atoms with Crippen LogP contribution in [0.4, 0.5) is 4.79 Å². The maximum Gasteiger partial charge on any atom is 0.319 e. The summed E-state index contributed by atoms with van der Waals surface area (Å²) in [5, 5.41) is 4.62. The first kappa shape index (κ1) is 12.4. The van der Waals surface area contributed by atoms with Gasteiger partial charge in [0, 0.05) is 0 Å². The van der Waals surface area contributed by atoms with Crippen molar-refractivity contribution in [2.24, 2.45) is 5.73 Å². The molecule has 0 saturated heterocycles. The van der Waals surface area contributed by atoms with Crippen LogP contribution in [-0.2, 0) is 14.3 Å². The third kappa shape index (κ3) is 7.04.